The summed E-state index contributed by atoms with van der Waals surface area (Å²) in [5.41, 5.74) is 0. The van der Waals surface area contributed by atoms with Crippen LogP contribution in [0.2, 0.25) is 0 Å². The normalized spacial score (nSPS) is 11.0. The van der Waals surface area contributed by atoms with Crippen LogP contribution in [-0.4, -0.2) is 22.4 Å². The molecule has 0 aliphatic carbocycles. The van der Waals surface area contributed by atoms with Gasteiger partial charge in [-0.15, -0.1) is 0 Å². The first kappa shape index (κ1) is 11.5. The molecule has 0 saturated carbocycles. The highest BCUT2D eigenvalue weighted by Crippen LogP contribution is 2.44. The molecule has 0 fully saturated rings. The lowest BCUT2D eigenvalue weighted by molar-refractivity contribution is 0.355. The molecule has 0 aromatic heterocycles. The van der Waals surface area contributed by atoms with Crippen LogP contribution >= 0.6 is 0 Å². The first-order valence-electron chi connectivity index (χ1n) is 5.76. The Hall–Kier alpha value is -2.62. The minimum Gasteiger partial charge on any atom is -0.508 e. The summed E-state index contributed by atoms with van der Waals surface area (Å²) in [5.74, 6) is -0.0989. The van der Waals surface area contributed by atoms with Gasteiger partial charge in [0.15, 0.2) is 11.5 Å². The first-order valence-corrected chi connectivity index (χ1v) is 5.76. The van der Waals surface area contributed by atoms with Crippen molar-refractivity contribution in [2.24, 2.45) is 0 Å². The second-order valence-corrected chi connectivity index (χ2v) is 4.35. The molecule has 0 unspecified atom stereocenters. The van der Waals surface area contributed by atoms with Crippen molar-refractivity contribution in [1.82, 2.24) is 0 Å². The van der Waals surface area contributed by atoms with Crippen molar-refractivity contribution in [2.45, 2.75) is 0 Å². The second-order valence-electron chi connectivity index (χ2n) is 4.35. The molecule has 3 aromatic carbocycles. The number of hydrogen-bond acceptors (Lipinski definition) is 4. The number of hydrogen-bond donors (Lipinski definition) is 3. The third-order valence-electron chi connectivity index (χ3n) is 3.22. The van der Waals surface area contributed by atoms with Gasteiger partial charge in [-0.1, -0.05) is 12.1 Å². The standard InChI is InChI=1S/C15H12O4/c1-19-15-13-9(7-12(17)14(15)18)3-2-8-6-10(16)4-5-11(8)13/h2-7,16-18H,1H3. The van der Waals surface area contributed by atoms with Crippen molar-refractivity contribution in [3.05, 3.63) is 36.4 Å². The summed E-state index contributed by atoms with van der Waals surface area (Å²) in [5, 5.41) is 32.2. The summed E-state index contributed by atoms with van der Waals surface area (Å²) < 4.78 is 5.20. The molecule has 0 bridgehead atoms. The Bertz CT molecular complexity index is 793. The Morgan fingerprint density at radius 3 is 2.37 bits per heavy atom. The minimum atomic E-state index is -0.282. The van der Waals surface area contributed by atoms with Gasteiger partial charge in [-0.3, -0.25) is 0 Å². The number of methoxy groups -OCH3 is 1. The fraction of sp³-hybridized carbons (Fsp3) is 0.0667. The third-order valence-corrected chi connectivity index (χ3v) is 3.22. The number of rotatable bonds is 1. The SMILES string of the molecule is COc1c(O)c(O)cc2ccc3cc(O)ccc3c12. The van der Waals surface area contributed by atoms with Gasteiger partial charge in [-0.25, -0.2) is 0 Å². The third kappa shape index (κ3) is 1.61. The average Bonchev–Trinajstić information content (AvgIpc) is 2.40. The summed E-state index contributed by atoms with van der Waals surface area (Å²) in [6.45, 7) is 0. The molecule has 4 heteroatoms. The second kappa shape index (κ2) is 3.95. The molecule has 19 heavy (non-hydrogen) atoms. The van der Waals surface area contributed by atoms with Gasteiger partial charge in [-0.2, -0.15) is 0 Å². The summed E-state index contributed by atoms with van der Waals surface area (Å²) in [7, 11) is 1.44. The van der Waals surface area contributed by atoms with Gasteiger partial charge in [0.05, 0.1) is 7.11 Å². The zero-order valence-corrected chi connectivity index (χ0v) is 10.2. The number of fused-ring (bicyclic) bond motifs is 3. The van der Waals surface area contributed by atoms with Crippen LogP contribution in [0.15, 0.2) is 36.4 Å². The van der Waals surface area contributed by atoms with E-state index in [0.717, 1.165) is 16.2 Å². The van der Waals surface area contributed by atoms with E-state index in [4.69, 9.17) is 4.74 Å². The fourth-order valence-electron chi connectivity index (χ4n) is 2.36. The lowest BCUT2D eigenvalue weighted by Gasteiger charge is -2.12. The average molecular weight is 256 g/mol. The van der Waals surface area contributed by atoms with Crippen LogP contribution in [0.1, 0.15) is 0 Å². The topological polar surface area (TPSA) is 69.9 Å². The summed E-state index contributed by atoms with van der Waals surface area (Å²) in [6.07, 6.45) is 0. The Morgan fingerprint density at radius 2 is 1.63 bits per heavy atom. The van der Waals surface area contributed by atoms with E-state index < -0.39 is 0 Å². The van der Waals surface area contributed by atoms with Gasteiger partial charge >= 0.3 is 0 Å². The molecule has 0 amide bonds. The summed E-state index contributed by atoms with van der Waals surface area (Å²) in [6, 6.07) is 10.1. The van der Waals surface area contributed by atoms with Crippen LogP contribution in [-0.2, 0) is 0 Å². The lowest BCUT2D eigenvalue weighted by atomic mass is 10.00. The molecule has 0 aliphatic heterocycles. The predicted molar refractivity (Wildman–Crippen MR) is 73.0 cm³/mol. The van der Waals surface area contributed by atoms with Crippen molar-refractivity contribution in [1.29, 1.82) is 0 Å². The highest BCUT2D eigenvalue weighted by molar-refractivity contribution is 6.12. The summed E-state index contributed by atoms with van der Waals surface area (Å²) in [4.78, 5) is 0. The van der Waals surface area contributed by atoms with Gasteiger partial charge in [0.25, 0.3) is 0 Å². The van der Waals surface area contributed by atoms with E-state index in [9.17, 15) is 15.3 Å². The van der Waals surface area contributed by atoms with E-state index in [1.165, 1.54) is 13.2 Å². The highest BCUT2D eigenvalue weighted by atomic mass is 16.5. The number of phenols is 3. The molecule has 0 saturated heterocycles. The monoisotopic (exact) mass is 256 g/mol. The Labute approximate surface area is 109 Å². The molecule has 0 spiro atoms. The molecule has 3 N–H and O–H groups in total. The van der Waals surface area contributed by atoms with Gasteiger partial charge < -0.3 is 20.1 Å². The van der Waals surface area contributed by atoms with E-state index in [1.54, 1.807) is 24.3 Å². The smallest absolute Gasteiger partial charge is 0.201 e. The van der Waals surface area contributed by atoms with Gasteiger partial charge in [0, 0.05) is 5.39 Å². The number of phenolic OH excluding ortho intramolecular Hbond substituents is 3. The Kier molecular flexibility index (Phi) is 2.38. The van der Waals surface area contributed by atoms with E-state index in [2.05, 4.69) is 0 Å². The predicted octanol–water partition coefficient (Wildman–Crippen LogP) is 3.12. The largest absolute Gasteiger partial charge is 0.508 e. The van der Waals surface area contributed by atoms with Crippen LogP contribution in [0, 0.1) is 0 Å². The van der Waals surface area contributed by atoms with Crippen molar-refractivity contribution in [3.8, 4) is 23.0 Å². The maximum Gasteiger partial charge on any atom is 0.201 e. The van der Waals surface area contributed by atoms with Crippen molar-refractivity contribution in [2.75, 3.05) is 7.11 Å². The van der Waals surface area contributed by atoms with Crippen LogP contribution in [0.5, 0.6) is 23.0 Å². The number of ether oxygens (including phenoxy) is 1. The maximum atomic E-state index is 9.89. The molecule has 0 radical (unpaired) electrons. The van der Waals surface area contributed by atoms with Crippen molar-refractivity contribution >= 4 is 21.5 Å². The van der Waals surface area contributed by atoms with Crippen molar-refractivity contribution in [3.63, 3.8) is 0 Å². The van der Waals surface area contributed by atoms with E-state index in [0.29, 0.717) is 5.39 Å². The van der Waals surface area contributed by atoms with E-state index in [1.807, 2.05) is 6.07 Å². The molecule has 0 heterocycles. The minimum absolute atomic E-state index is 0.175. The lowest BCUT2D eigenvalue weighted by Crippen LogP contribution is -1.88. The number of benzene rings is 3. The quantitative estimate of drug-likeness (QED) is 0.462. The first-order chi connectivity index (χ1) is 9.11. The molecule has 4 nitrogen and oxygen atoms in total. The molecular weight excluding hydrogens is 244 g/mol. The zero-order chi connectivity index (χ0) is 13.6. The number of aromatic hydroxyl groups is 3. The zero-order valence-electron chi connectivity index (χ0n) is 10.2. The molecular formula is C15H12O4. The highest BCUT2D eigenvalue weighted by Gasteiger charge is 2.15. The fourth-order valence-corrected chi connectivity index (χ4v) is 2.36. The van der Waals surface area contributed by atoms with Gasteiger partial charge in [0.1, 0.15) is 5.75 Å². The van der Waals surface area contributed by atoms with Crippen molar-refractivity contribution < 1.29 is 20.1 Å². The van der Waals surface area contributed by atoms with Crippen LogP contribution in [0.4, 0.5) is 0 Å². The Morgan fingerprint density at radius 1 is 0.895 bits per heavy atom. The molecule has 3 aromatic rings. The molecule has 0 atom stereocenters. The van der Waals surface area contributed by atoms with Crippen LogP contribution < -0.4 is 4.74 Å². The maximum absolute atomic E-state index is 9.89. The van der Waals surface area contributed by atoms with Gasteiger partial charge in [0.2, 0.25) is 5.75 Å². The Balaban J connectivity index is 2.56. The summed E-state index contributed by atoms with van der Waals surface area (Å²) >= 11 is 0. The van der Waals surface area contributed by atoms with E-state index >= 15 is 0 Å². The molecule has 3 rings (SSSR count). The van der Waals surface area contributed by atoms with Gasteiger partial charge in [-0.05, 0) is 40.4 Å². The molecule has 96 valence electrons. The van der Waals surface area contributed by atoms with E-state index in [-0.39, 0.29) is 23.0 Å². The van der Waals surface area contributed by atoms with Crippen LogP contribution in [0.25, 0.3) is 21.5 Å². The van der Waals surface area contributed by atoms with Crippen LogP contribution in [0.3, 0.4) is 0 Å². The molecule has 0 aliphatic rings.